The van der Waals surface area contributed by atoms with Crippen molar-refractivity contribution in [3.05, 3.63) is 0 Å². The summed E-state index contributed by atoms with van der Waals surface area (Å²) >= 11 is 0. The van der Waals surface area contributed by atoms with E-state index >= 15 is 0 Å². The van der Waals surface area contributed by atoms with Gasteiger partial charge in [0.1, 0.15) is 0 Å². The van der Waals surface area contributed by atoms with Gasteiger partial charge in [0.25, 0.3) is 0 Å². The Morgan fingerprint density at radius 1 is 1.00 bits per heavy atom. The van der Waals surface area contributed by atoms with Crippen molar-refractivity contribution in [2.45, 2.75) is 32.1 Å². The van der Waals surface area contributed by atoms with Crippen LogP contribution >= 0.6 is 0 Å². The standard InChI is InChI=1S/C13H20N2O2/c14-11(16)6-15-13(17)12-9-2-7-1-8(4-9)5-10(12)3-7/h7-10,12H,1-6H2,(H2,14,16)(H,15,17). The SMILES string of the molecule is NC(=O)CNC(=O)C1C2CC3CC(C2)CC1C3. The first-order chi connectivity index (χ1) is 8.13. The Morgan fingerprint density at radius 3 is 2.00 bits per heavy atom. The molecular weight excluding hydrogens is 216 g/mol. The predicted molar refractivity (Wildman–Crippen MR) is 62.7 cm³/mol. The molecule has 17 heavy (non-hydrogen) atoms. The molecule has 0 aromatic rings. The molecule has 0 unspecified atom stereocenters. The second-order valence-corrected chi connectivity index (χ2v) is 6.14. The number of nitrogens with one attached hydrogen (secondary N) is 1. The van der Waals surface area contributed by atoms with Crippen molar-refractivity contribution in [2.24, 2.45) is 35.3 Å². The monoisotopic (exact) mass is 236 g/mol. The van der Waals surface area contributed by atoms with E-state index in [-0.39, 0.29) is 18.4 Å². The second kappa shape index (κ2) is 4.00. The third kappa shape index (κ3) is 1.94. The Balaban J connectivity index is 1.67. The molecular formula is C13H20N2O2. The molecule has 4 nitrogen and oxygen atoms in total. The molecule has 4 aliphatic rings. The van der Waals surface area contributed by atoms with Crippen molar-refractivity contribution in [2.75, 3.05) is 6.54 Å². The van der Waals surface area contributed by atoms with Gasteiger partial charge in [-0.2, -0.15) is 0 Å². The molecule has 4 bridgehead atoms. The average molecular weight is 236 g/mol. The van der Waals surface area contributed by atoms with E-state index in [1.165, 1.54) is 32.1 Å². The minimum atomic E-state index is -0.456. The van der Waals surface area contributed by atoms with Crippen molar-refractivity contribution in [3.63, 3.8) is 0 Å². The van der Waals surface area contributed by atoms with Gasteiger partial charge in [0, 0.05) is 5.92 Å². The normalized spacial score (nSPS) is 42.5. The summed E-state index contributed by atoms with van der Waals surface area (Å²) in [5.41, 5.74) is 5.06. The number of carbonyl (C=O) groups is 2. The zero-order chi connectivity index (χ0) is 12.0. The molecule has 0 radical (unpaired) electrons. The molecule has 0 aromatic heterocycles. The fourth-order valence-corrected chi connectivity index (χ4v) is 4.65. The van der Waals surface area contributed by atoms with E-state index in [0.29, 0.717) is 11.8 Å². The first-order valence-corrected chi connectivity index (χ1v) is 6.69. The summed E-state index contributed by atoms with van der Waals surface area (Å²) in [5, 5.41) is 2.70. The molecule has 4 fully saturated rings. The second-order valence-electron chi connectivity index (χ2n) is 6.14. The van der Waals surface area contributed by atoms with E-state index in [0.717, 1.165) is 11.8 Å². The summed E-state index contributed by atoms with van der Waals surface area (Å²) in [5.74, 6) is 2.65. The Bertz CT molecular complexity index is 325. The summed E-state index contributed by atoms with van der Waals surface area (Å²) in [7, 11) is 0. The Labute approximate surface area is 101 Å². The highest BCUT2D eigenvalue weighted by atomic mass is 16.2. The van der Waals surface area contributed by atoms with E-state index in [4.69, 9.17) is 5.73 Å². The molecule has 4 heteroatoms. The molecule has 4 aliphatic carbocycles. The van der Waals surface area contributed by atoms with Gasteiger partial charge in [-0.15, -0.1) is 0 Å². The first kappa shape index (κ1) is 11.1. The molecule has 0 spiro atoms. The van der Waals surface area contributed by atoms with Gasteiger partial charge in [-0.3, -0.25) is 9.59 Å². The van der Waals surface area contributed by atoms with E-state index in [1.54, 1.807) is 0 Å². The lowest BCUT2D eigenvalue weighted by molar-refractivity contribution is -0.139. The van der Waals surface area contributed by atoms with Gasteiger partial charge in [-0.1, -0.05) is 0 Å². The molecule has 0 aliphatic heterocycles. The Morgan fingerprint density at radius 2 is 1.53 bits per heavy atom. The van der Waals surface area contributed by atoms with Crippen LogP contribution in [0.2, 0.25) is 0 Å². The number of hydrogen-bond donors (Lipinski definition) is 2. The zero-order valence-corrected chi connectivity index (χ0v) is 10.0. The molecule has 0 heterocycles. The fraction of sp³-hybridized carbons (Fsp3) is 0.846. The molecule has 94 valence electrons. The minimum absolute atomic E-state index is 0.0123. The quantitative estimate of drug-likeness (QED) is 0.755. The zero-order valence-electron chi connectivity index (χ0n) is 10.0. The summed E-state index contributed by atoms with van der Waals surface area (Å²) in [6.45, 7) is -0.0123. The third-order valence-electron chi connectivity index (χ3n) is 4.97. The molecule has 2 amide bonds. The summed E-state index contributed by atoms with van der Waals surface area (Å²) < 4.78 is 0. The van der Waals surface area contributed by atoms with Crippen LogP contribution in [-0.2, 0) is 9.59 Å². The van der Waals surface area contributed by atoms with Crippen LogP contribution in [0.3, 0.4) is 0 Å². The number of amides is 2. The molecule has 4 saturated carbocycles. The summed E-state index contributed by atoms with van der Waals surface area (Å²) in [6, 6.07) is 0. The fourth-order valence-electron chi connectivity index (χ4n) is 4.65. The summed E-state index contributed by atoms with van der Waals surface area (Å²) in [4.78, 5) is 22.8. The molecule has 0 saturated heterocycles. The van der Waals surface area contributed by atoms with E-state index in [2.05, 4.69) is 5.32 Å². The number of hydrogen-bond acceptors (Lipinski definition) is 2. The van der Waals surface area contributed by atoms with Crippen molar-refractivity contribution < 1.29 is 9.59 Å². The van der Waals surface area contributed by atoms with Crippen LogP contribution in [-0.4, -0.2) is 18.4 Å². The minimum Gasteiger partial charge on any atom is -0.368 e. The summed E-state index contributed by atoms with van der Waals surface area (Å²) in [6.07, 6.45) is 6.29. The number of nitrogens with two attached hydrogens (primary N) is 1. The maximum Gasteiger partial charge on any atom is 0.236 e. The van der Waals surface area contributed by atoms with Crippen molar-refractivity contribution in [3.8, 4) is 0 Å². The van der Waals surface area contributed by atoms with E-state index < -0.39 is 5.91 Å². The maximum atomic E-state index is 12.1. The lowest BCUT2D eigenvalue weighted by atomic mass is 9.51. The van der Waals surface area contributed by atoms with Crippen LogP contribution in [0.5, 0.6) is 0 Å². The van der Waals surface area contributed by atoms with Gasteiger partial charge >= 0.3 is 0 Å². The van der Waals surface area contributed by atoms with Crippen molar-refractivity contribution in [1.82, 2.24) is 5.32 Å². The van der Waals surface area contributed by atoms with E-state index in [1.807, 2.05) is 0 Å². The van der Waals surface area contributed by atoms with E-state index in [9.17, 15) is 9.59 Å². The van der Waals surface area contributed by atoms with Gasteiger partial charge in [0.05, 0.1) is 6.54 Å². The highest BCUT2D eigenvalue weighted by molar-refractivity contribution is 5.85. The average Bonchev–Trinajstić information content (AvgIpc) is 2.24. The van der Waals surface area contributed by atoms with Gasteiger partial charge in [-0.05, 0) is 55.8 Å². The first-order valence-electron chi connectivity index (χ1n) is 6.69. The number of rotatable bonds is 3. The Kier molecular flexibility index (Phi) is 2.60. The van der Waals surface area contributed by atoms with Crippen LogP contribution in [0.1, 0.15) is 32.1 Å². The predicted octanol–water partition coefficient (Wildman–Crippen LogP) is 0.660. The van der Waals surface area contributed by atoms with Crippen molar-refractivity contribution in [1.29, 1.82) is 0 Å². The molecule has 4 rings (SSSR count). The largest absolute Gasteiger partial charge is 0.368 e. The lowest BCUT2D eigenvalue weighted by Crippen LogP contribution is -2.51. The highest BCUT2D eigenvalue weighted by Crippen LogP contribution is 2.56. The highest BCUT2D eigenvalue weighted by Gasteiger charge is 2.50. The molecule has 3 N–H and O–H groups in total. The van der Waals surface area contributed by atoms with Gasteiger partial charge < -0.3 is 11.1 Å². The smallest absolute Gasteiger partial charge is 0.236 e. The van der Waals surface area contributed by atoms with Gasteiger partial charge in [0.2, 0.25) is 11.8 Å². The third-order valence-corrected chi connectivity index (χ3v) is 4.97. The lowest BCUT2D eigenvalue weighted by Gasteiger charge is -2.53. The molecule has 0 aromatic carbocycles. The van der Waals surface area contributed by atoms with Crippen LogP contribution in [0.25, 0.3) is 0 Å². The van der Waals surface area contributed by atoms with Crippen LogP contribution in [0, 0.1) is 29.6 Å². The molecule has 0 atom stereocenters. The Hall–Kier alpha value is -1.06. The van der Waals surface area contributed by atoms with Crippen LogP contribution in [0.15, 0.2) is 0 Å². The van der Waals surface area contributed by atoms with Gasteiger partial charge in [-0.25, -0.2) is 0 Å². The van der Waals surface area contributed by atoms with Crippen LogP contribution in [0.4, 0.5) is 0 Å². The number of carbonyl (C=O) groups excluding carboxylic acids is 2. The maximum absolute atomic E-state index is 12.1. The van der Waals surface area contributed by atoms with Crippen molar-refractivity contribution >= 4 is 11.8 Å². The topological polar surface area (TPSA) is 72.2 Å². The van der Waals surface area contributed by atoms with Crippen LogP contribution < -0.4 is 11.1 Å². The van der Waals surface area contributed by atoms with Gasteiger partial charge in [0.15, 0.2) is 0 Å². The number of primary amides is 1.